The van der Waals surface area contributed by atoms with E-state index in [0.717, 1.165) is 6.42 Å². The summed E-state index contributed by atoms with van der Waals surface area (Å²) in [6, 6.07) is 12.1. The van der Waals surface area contributed by atoms with Crippen LogP contribution in [-0.2, 0) is 6.42 Å². The molecule has 1 atom stereocenters. The van der Waals surface area contributed by atoms with Gasteiger partial charge in [0.1, 0.15) is 4.87 Å². The SMILES string of the molecule is CC(Cl)(C#N)CCc1ccccc1. The minimum atomic E-state index is -0.726. The summed E-state index contributed by atoms with van der Waals surface area (Å²) in [6.07, 6.45) is 1.55. The average molecular weight is 194 g/mol. The zero-order chi connectivity index (χ0) is 9.73. The van der Waals surface area contributed by atoms with E-state index < -0.39 is 4.87 Å². The topological polar surface area (TPSA) is 23.8 Å². The van der Waals surface area contributed by atoms with Crippen LogP contribution in [0.1, 0.15) is 18.9 Å². The van der Waals surface area contributed by atoms with Crippen LogP contribution in [0.4, 0.5) is 0 Å². The molecule has 1 aromatic carbocycles. The second-order valence-corrected chi connectivity index (χ2v) is 4.13. The summed E-state index contributed by atoms with van der Waals surface area (Å²) in [7, 11) is 0. The molecule has 0 aromatic heterocycles. The third kappa shape index (κ3) is 3.48. The molecule has 1 rings (SSSR count). The normalized spacial score (nSPS) is 14.5. The summed E-state index contributed by atoms with van der Waals surface area (Å²) in [6.45, 7) is 1.75. The minimum absolute atomic E-state index is 0.690. The standard InChI is InChI=1S/C11H12ClN/c1-11(12,9-13)8-7-10-5-3-2-4-6-10/h2-6H,7-8H2,1H3. The quantitative estimate of drug-likeness (QED) is 0.677. The average Bonchev–Trinajstić information content (AvgIpc) is 2.17. The van der Waals surface area contributed by atoms with Crippen molar-refractivity contribution in [1.29, 1.82) is 5.26 Å². The number of alkyl halides is 1. The van der Waals surface area contributed by atoms with Crippen LogP contribution in [-0.4, -0.2) is 4.87 Å². The second-order valence-electron chi connectivity index (χ2n) is 3.29. The fourth-order valence-electron chi connectivity index (χ4n) is 1.08. The first-order valence-corrected chi connectivity index (χ1v) is 4.66. The van der Waals surface area contributed by atoms with Gasteiger partial charge in [0.15, 0.2) is 0 Å². The first kappa shape index (κ1) is 10.1. The van der Waals surface area contributed by atoms with Crippen molar-refractivity contribution in [3.63, 3.8) is 0 Å². The Morgan fingerprint density at radius 3 is 2.54 bits per heavy atom. The van der Waals surface area contributed by atoms with Gasteiger partial charge in [0.2, 0.25) is 0 Å². The molecule has 0 aliphatic heterocycles. The fraction of sp³-hybridized carbons (Fsp3) is 0.364. The molecule has 0 fully saturated rings. The lowest BCUT2D eigenvalue weighted by Crippen LogP contribution is -2.13. The van der Waals surface area contributed by atoms with E-state index in [1.54, 1.807) is 6.92 Å². The van der Waals surface area contributed by atoms with Crippen LogP contribution in [0.3, 0.4) is 0 Å². The lowest BCUT2D eigenvalue weighted by molar-refractivity contribution is 0.697. The van der Waals surface area contributed by atoms with Crippen molar-refractivity contribution in [3.8, 4) is 6.07 Å². The Morgan fingerprint density at radius 2 is 2.00 bits per heavy atom. The molecule has 1 unspecified atom stereocenters. The summed E-state index contributed by atoms with van der Waals surface area (Å²) < 4.78 is 0. The van der Waals surface area contributed by atoms with E-state index in [1.807, 2.05) is 30.3 Å². The van der Waals surface area contributed by atoms with Gasteiger partial charge < -0.3 is 0 Å². The Kier molecular flexibility index (Phi) is 3.33. The van der Waals surface area contributed by atoms with Crippen molar-refractivity contribution in [3.05, 3.63) is 35.9 Å². The second kappa shape index (κ2) is 4.30. The van der Waals surface area contributed by atoms with Crippen molar-refractivity contribution < 1.29 is 0 Å². The Morgan fingerprint density at radius 1 is 1.38 bits per heavy atom. The minimum Gasteiger partial charge on any atom is -0.196 e. The molecule has 0 amide bonds. The van der Waals surface area contributed by atoms with E-state index >= 15 is 0 Å². The van der Waals surface area contributed by atoms with Gasteiger partial charge >= 0.3 is 0 Å². The predicted octanol–water partition coefficient (Wildman–Crippen LogP) is 3.14. The highest BCUT2D eigenvalue weighted by molar-refractivity contribution is 6.25. The Bertz CT molecular complexity index is 298. The van der Waals surface area contributed by atoms with Crippen LogP contribution in [0.2, 0.25) is 0 Å². The maximum absolute atomic E-state index is 8.69. The molecular formula is C11H12ClN. The molecule has 1 nitrogen and oxygen atoms in total. The van der Waals surface area contributed by atoms with Crippen LogP contribution < -0.4 is 0 Å². The monoisotopic (exact) mass is 193 g/mol. The van der Waals surface area contributed by atoms with E-state index in [4.69, 9.17) is 16.9 Å². The number of hydrogen-bond donors (Lipinski definition) is 0. The van der Waals surface area contributed by atoms with Gasteiger partial charge in [-0.1, -0.05) is 30.3 Å². The molecule has 68 valence electrons. The van der Waals surface area contributed by atoms with Gasteiger partial charge in [-0.3, -0.25) is 0 Å². The number of benzene rings is 1. The third-order valence-electron chi connectivity index (χ3n) is 1.96. The molecule has 0 saturated carbocycles. The zero-order valence-electron chi connectivity index (χ0n) is 7.63. The Balaban J connectivity index is 2.50. The number of nitriles is 1. The molecule has 0 aliphatic carbocycles. The zero-order valence-corrected chi connectivity index (χ0v) is 8.38. The number of halogens is 1. The van der Waals surface area contributed by atoms with E-state index in [-0.39, 0.29) is 0 Å². The van der Waals surface area contributed by atoms with Gasteiger partial charge in [-0.2, -0.15) is 5.26 Å². The molecule has 1 aromatic rings. The van der Waals surface area contributed by atoms with E-state index in [1.165, 1.54) is 5.56 Å². The molecule has 0 heterocycles. The molecule has 0 N–H and O–H groups in total. The number of aryl methyl sites for hydroxylation is 1. The first-order chi connectivity index (χ1) is 6.14. The highest BCUT2D eigenvalue weighted by Crippen LogP contribution is 2.20. The summed E-state index contributed by atoms with van der Waals surface area (Å²) in [5.41, 5.74) is 1.23. The van der Waals surface area contributed by atoms with Crippen molar-refractivity contribution in [2.75, 3.05) is 0 Å². The third-order valence-corrected chi connectivity index (χ3v) is 2.23. The number of nitrogens with zero attached hydrogens (tertiary/aromatic N) is 1. The molecule has 0 radical (unpaired) electrons. The van der Waals surface area contributed by atoms with Crippen LogP contribution in [0.25, 0.3) is 0 Å². The van der Waals surface area contributed by atoms with Gasteiger partial charge in [-0.25, -0.2) is 0 Å². The summed E-state index contributed by atoms with van der Waals surface area (Å²) >= 11 is 5.91. The smallest absolute Gasteiger partial charge is 0.128 e. The van der Waals surface area contributed by atoms with E-state index in [9.17, 15) is 0 Å². The van der Waals surface area contributed by atoms with Crippen LogP contribution in [0, 0.1) is 11.3 Å². The molecule has 0 bridgehead atoms. The largest absolute Gasteiger partial charge is 0.196 e. The highest BCUT2D eigenvalue weighted by atomic mass is 35.5. The van der Waals surface area contributed by atoms with E-state index in [0.29, 0.717) is 6.42 Å². The maximum Gasteiger partial charge on any atom is 0.128 e. The molecule has 2 heteroatoms. The molecule has 13 heavy (non-hydrogen) atoms. The summed E-state index contributed by atoms with van der Waals surface area (Å²) in [5, 5.41) is 8.69. The number of hydrogen-bond acceptors (Lipinski definition) is 1. The lowest BCUT2D eigenvalue weighted by Gasteiger charge is -2.11. The van der Waals surface area contributed by atoms with Gasteiger partial charge in [0.25, 0.3) is 0 Å². The van der Waals surface area contributed by atoms with E-state index in [2.05, 4.69) is 6.07 Å². The first-order valence-electron chi connectivity index (χ1n) is 4.28. The number of rotatable bonds is 3. The summed E-state index contributed by atoms with van der Waals surface area (Å²) in [4.78, 5) is -0.726. The highest BCUT2D eigenvalue weighted by Gasteiger charge is 2.18. The fourth-order valence-corrected chi connectivity index (χ4v) is 1.17. The van der Waals surface area contributed by atoms with Crippen molar-refractivity contribution in [2.45, 2.75) is 24.6 Å². The Labute approximate surface area is 84.0 Å². The lowest BCUT2D eigenvalue weighted by atomic mass is 10.0. The molecule has 0 spiro atoms. The molecular weight excluding hydrogens is 182 g/mol. The van der Waals surface area contributed by atoms with Crippen molar-refractivity contribution >= 4 is 11.6 Å². The van der Waals surface area contributed by atoms with Gasteiger partial charge in [0.05, 0.1) is 6.07 Å². The van der Waals surface area contributed by atoms with Crippen LogP contribution in [0.15, 0.2) is 30.3 Å². The van der Waals surface area contributed by atoms with Crippen molar-refractivity contribution in [2.24, 2.45) is 0 Å². The van der Waals surface area contributed by atoms with Crippen LogP contribution >= 0.6 is 11.6 Å². The van der Waals surface area contributed by atoms with Crippen molar-refractivity contribution in [1.82, 2.24) is 0 Å². The van der Waals surface area contributed by atoms with Gasteiger partial charge in [-0.15, -0.1) is 11.6 Å². The molecule has 0 aliphatic rings. The summed E-state index contributed by atoms with van der Waals surface area (Å²) in [5.74, 6) is 0. The Hall–Kier alpha value is -1.00. The van der Waals surface area contributed by atoms with Gasteiger partial charge in [-0.05, 0) is 25.3 Å². The van der Waals surface area contributed by atoms with Gasteiger partial charge in [0, 0.05) is 0 Å². The predicted molar refractivity (Wildman–Crippen MR) is 54.6 cm³/mol. The molecule has 0 saturated heterocycles. The van der Waals surface area contributed by atoms with Crippen LogP contribution in [0.5, 0.6) is 0 Å². The maximum atomic E-state index is 8.69.